The second kappa shape index (κ2) is 7.58. The number of nitrogens with zero attached hydrogens (tertiary/aromatic N) is 1. The van der Waals surface area contributed by atoms with Crippen LogP contribution in [-0.4, -0.2) is 40.8 Å². The van der Waals surface area contributed by atoms with E-state index in [1.54, 1.807) is 6.08 Å². The lowest BCUT2D eigenvalue weighted by Gasteiger charge is -2.33. The van der Waals surface area contributed by atoms with Crippen molar-refractivity contribution in [3.05, 3.63) is 35.3 Å². The van der Waals surface area contributed by atoms with Gasteiger partial charge in [-0.25, -0.2) is 0 Å². The van der Waals surface area contributed by atoms with E-state index in [-0.39, 0.29) is 6.54 Å². The fourth-order valence-corrected chi connectivity index (χ4v) is 4.72. The van der Waals surface area contributed by atoms with Gasteiger partial charge in [-0.2, -0.15) is 0 Å². The number of carbonyl (C=O) groups is 3. The highest BCUT2D eigenvalue weighted by molar-refractivity contribution is 6.42. The molecule has 0 aromatic rings. The summed E-state index contributed by atoms with van der Waals surface area (Å²) in [5, 5.41) is 11.9. The summed E-state index contributed by atoms with van der Waals surface area (Å²) in [5.74, 6) is -2.13. The lowest BCUT2D eigenvalue weighted by atomic mass is 9.71. The van der Waals surface area contributed by atoms with E-state index in [1.165, 1.54) is 19.3 Å². The van der Waals surface area contributed by atoms with Gasteiger partial charge in [0, 0.05) is 23.7 Å². The maximum atomic E-state index is 12.8. The van der Waals surface area contributed by atoms with Crippen LogP contribution in [0.5, 0.6) is 0 Å². The fourth-order valence-electron chi connectivity index (χ4n) is 4.72. The monoisotopic (exact) mass is 373 g/mol. The molecule has 1 amide bonds. The topological polar surface area (TPSA) is 113 Å². The Labute approximate surface area is 159 Å². The molecule has 2 heterocycles. The van der Waals surface area contributed by atoms with Crippen molar-refractivity contribution < 1.29 is 19.5 Å². The average Bonchev–Trinajstić information content (AvgIpc) is 2.91. The molecule has 0 bridgehead atoms. The molecule has 1 saturated carbocycles. The van der Waals surface area contributed by atoms with Crippen molar-refractivity contribution in [1.29, 1.82) is 0 Å². The predicted octanol–water partition coefficient (Wildman–Crippen LogP) is 1.67. The first-order valence-electron chi connectivity index (χ1n) is 9.52. The number of Topliss-reactive ketones (excluding diaryl/α,β-unsaturated/α-hetero) is 1. The highest BCUT2D eigenvalue weighted by atomic mass is 16.4. The molecule has 0 spiro atoms. The number of aliphatic carboxylic acids is 1. The number of nitrogens with one attached hydrogen (secondary N) is 1. The number of hydrogen-bond donors (Lipinski definition) is 3. The molecule has 1 atom stereocenters. The van der Waals surface area contributed by atoms with Gasteiger partial charge in [0.15, 0.2) is 0 Å². The van der Waals surface area contributed by atoms with Crippen LogP contribution in [0, 0.1) is 11.3 Å². The van der Waals surface area contributed by atoms with Crippen LogP contribution in [0.25, 0.3) is 0 Å². The summed E-state index contributed by atoms with van der Waals surface area (Å²) >= 11 is 0. The number of amides is 1. The third-order valence-electron chi connectivity index (χ3n) is 5.78. The minimum atomic E-state index is -0.997. The van der Waals surface area contributed by atoms with Crippen molar-refractivity contribution in [2.45, 2.75) is 45.4 Å². The Morgan fingerprint density at radius 2 is 2.00 bits per heavy atom. The summed E-state index contributed by atoms with van der Waals surface area (Å²) in [6.07, 6.45) is 12.2. The molecule has 0 aromatic heterocycles. The van der Waals surface area contributed by atoms with Crippen LogP contribution in [-0.2, 0) is 14.4 Å². The molecular weight excluding hydrogens is 346 g/mol. The fraction of sp³-hybridized carbons (Fsp3) is 0.550. The number of rotatable bonds is 7. The molecule has 0 aromatic carbocycles. The largest absolute Gasteiger partial charge is 0.480 e. The maximum Gasteiger partial charge on any atom is 0.322 e. The quantitative estimate of drug-likeness (QED) is 0.585. The second-order valence-electron chi connectivity index (χ2n) is 7.98. The van der Waals surface area contributed by atoms with E-state index >= 15 is 0 Å². The van der Waals surface area contributed by atoms with Crippen molar-refractivity contribution >= 4 is 17.7 Å². The van der Waals surface area contributed by atoms with Gasteiger partial charge in [0.05, 0.1) is 11.4 Å². The standard InChI is InChI=1S/C20H27N3O4/c1-20(10-13-6-3-2-4-7-13)12-23-9-5-8-14(22-11-15(24)25)17(23)16(20)18(26)19(21)27/h5,8-9,13,22H,2-4,6-7,10-12H2,1H3,(H2,21,27)(H,24,25). The van der Waals surface area contributed by atoms with E-state index in [9.17, 15) is 14.4 Å². The Balaban J connectivity index is 1.98. The van der Waals surface area contributed by atoms with Crippen molar-refractivity contribution in [2.75, 3.05) is 13.1 Å². The van der Waals surface area contributed by atoms with E-state index in [4.69, 9.17) is 10.8 Å². The van der Waals surface area contributed by atoms with Crippen molar-refractivity contribution in [2.24, 2.45) is 17.1 Å². The molecule has 0 saturated heterocycles. The number of ketones is 1. The summed E-state index contributed by atoms with van der Waals surface area (Å²) in [5.41, 5.74) is 6.40. The number of fused-ring (bicyclic) bond motifs is 1. The molecule has 4 N–H and O–H groups in total. The Kier molecular flexibility index (Phi) is 5.39. The molecule has 3 rings (SSSR count). The summed E-state index contributed by atoms with van der Waals surface area (Å²) in [6.45, 7) is 2.33. The van der Waals surface area contributed by atoms with E-state index in [0.29, 0.717) is 29.4 Å². The summed E-state index contributed by atoms with van der Waals surface area (Å²) < 4.78 is 0. The number of nitrogens with two attached hydrogens (primary N) is 1. The number of carboxylic acid groups (broad SMARTS) is 1. The van der Waals surface area contributed by atoms with Crippen LogP contribution >= 0.6 is 0 Å². The zero-order valence-corrected chi connectivity index (χ0v) is 15.7. The summed E-state index contributed by atoms with van der Waals surface area (Å²) in [6, 6.07) is 0. The molecule has 27 heavy (non-hydrogen) atoms. The van der Waals surface area contributed by atoms with Gasteiger partial charge in [0.1, 0.15) is 6.54 Å². The van der Waals surface area contributed by atoms with Crippen molar-refractivity contribution in [3.63, 3.8) is 0 Å². The van der Waals surface area contributed by atoms with Gasteiger partial charge in [0.2, 0.25) is 5.78 Å². The third kappa shape index (κ3) is 3.91. The van der Waals surface area contributed by atoms with Crippen molar-refractivity contribution in [3.8, 4) is 0 Å². The van der Waals surface area contributed by atoms with Gasteiger partial charge >= 0.3 is 5.97 Å². The molecule has 146 valence electrons. The summed E-state index contributed by atoms with van der Waals surface area (Å²) in [4.78, 5) is 37.5. The minimum absolute atomic E-state index is 0.269. The zero-order valence-electron chi connectivity index (χ0n) is 15.7. The smallest absolute Gasteiger partial charge is 0.322 e. The Morgan fingerprint density at radius 3 is 2.63 bits per heavy atom. The molecule has 1 unspecified atom stereocenters. The highest BCUT2D eigenvalue weighted by Gasteiger charge is 2.47. The number of hydrogen-bond acceptors (Lipinski definition) is 5. The van der Waals surface area contributed by atoms with Gasteiger partial charge in [-0.15, -0.1) is 0 Å². The average molecular weight is 373 g/mol. The van der Waals surface area contributed by atoms with Crippen LogP contribution in [0.2, 0.25) is 0 Å². The first-order chi connectivity index (χ1) is 12.8. The third-order valence-corrected chi connectivity index (χ3v) is 5.78. The maximum absolute atomic E-state index is 12.8. The van der Waals surface area contributed by atoms with Gasteiger partial charge in [-0.3, -0.25) is 14.4 Å². The van der Waals surface area contributed by atoms with Gasteiger partial charge < -0.3 is 21.1 Å². The first kappa shape index (κ1) is 19.2. The van der Waals surface area contributed by atoms with E-state index in [2.05, 4.69) is 5.32 Å². The molecule has 7 nitrogen and oxygen atoms in total. The van der Waals surface area contributed by atoms with Crippen LogP contribution in [0.1, 0.15) is 45.4 Å². The predicted molar refractivity (Wildman–Crippen MR) is 100 cm³/mol. The van der Waals surface area contributed by atoms with Gasteiger partial charge in [-0.1, -0.05) is 39.0 Å². The van der Waals surface area contributed by atoms with Crippen LogP contribution in [0.15, 0.2) is 35.3 Å². The Morgan fingerprint density at radius 1 is 1.30 bits per heavy atom. The highest BCUT2D eigenvalue weighted by Crippen LogP contribution is 2.48. The van der Waals surface area contributed by atoms with Crippen LogP contribution < -0.4 is 11.1 Å². The normalized spacial score (nSPS) is 25.2. The molecule has 3 aliphatic rings. The molecule has 0 radical (unpaired) electrons. The molecular formula is C20H27N3O4. The summed E-state index contributed by atoms with van der Waals surface area (Å²) in [7, 11) is 0. The molecule has 2 aliphatic heterocycles. The minimum Gasteiger partial charge on any atom is -0.480 e. The molecule has 1 aliphatic carbocycles. The van der Waals surface area contributed by atoms with Crippen LogP contribution in [0.4, 0.5) is 0 Å². The van der Waals surface area contributed by atoms with E-state index in [0.717, 1.165) is 19.3 Å². The molecule has 1 fully saturated rings. The Hall–Kier alpha value is -2.57. The first-order valence-corrected chi connectivity index (χ1v) is 9.52. The SMILES string of the molecule is CC1(CC2CCCCC2)CN2C=CC=C(NCC(=O)O)C2=C1C(=O)C(N)=O. The molecule has 7 heteroatoms. The number of carboxylic acids is 1. The van der Waals surface area contributed by atoms with Gasteiger partial charge in [-0.05, 0) is 24.5 Å². The number of primary amides is 1. The second-order valence-corrected chi connectivity index (χ2v) is 7.98. The van der Waals surface area contributed by atoms with E-state index in [1.807, 2.05) is 24.1 Å². The zero-order chi connectivity index (χ0) is 19.6. The van der Waals surface area contributed by atoms with Crippen molar-refractivity contribution in [1.82, 2.24) is 10.2 Å². The Bertz CT molecular complexity index is 746. The number of allylic oxidation sites excluding steroid dienone is 2. The lowest BCUT2D eigenvalue weighted by Crippen LogP contribution is -2.35. The van der Waals surface area contributed by atoms with E-state index < -0.39 is 23.1 Å². The number of carbonyl (C=O) groups excluding carboxylic acids is 2. The van der Waals surface area contributed by atoms with Crippen LogP contribution in [0.3, 0.4) is 0 Å². The lowest BCUT2D eigenvalue weighted by molar-refractivity contribution is -0.135. The van der Waals surface area contributed by atoms with Gasteiger partial charge in [0.25, 0.3) is 5.91 Å².